The standard InChI is InChI=1S/C20H18FN7OS/c1-13-11-17(28(26-13)14-7-3-2-4-8-14)23-18(29)12-30-20-25-24-19(27(20)22)15-9-5-6-10-16(15)21/h2-11H,12,22H2,1H3,(H,23,29). The number of aryl methyl sites for hydroxylation is 1. The maximum atomic E-state index is 14.0. The number of thioether (sulfide) groups is 1. The van der Waals surface area contributed by atoms with Gasteiger partial charge in [-0.1, -0.05) is 42.1 Å². The van der Waals surface area contributed by atoms with Crippen molar-refractivity contribution in [3.8, 4) is 17.1 Å². The van der Waals surface area contributed by atoms with Gasteiger partial charge in [-0.2, -0.15) is 5.10 Å². The second-order valence-corrected chi connectivity index (χ2v) is 7.35. The molecule has 4 rings (SSSR count). The number of anilines is 1. The lowest BCUT2D eigenvalue weighted by atomic mass is 10.2. The molecular weight excluding hydrogens is 405 g/mol. The number of para-hydroxylation sites is 1. The van der Waals surface area contributed by atoms with Gasteiger partial charge in [-0.15, -0.1) is 10.2 Å². The molecule has 4 aromatic rings. The topological polar surface area (TPSA) is 104 Å². The van der Waals surface area contributed by atoms with Crippen molar-refractivity contribution >= 4 is 23.5 Å². The van der Waals surface area contributed by atoms with Gasteiger partial charge >= 0.3 is 0 Å². The molecular formula is C20H18FN7OS. The van der Waals surface area contributed by atoms with Crippen LogP contribution < -0.4 is 11.2 Å². The maximum Gasteiger partial charge on any atom is 0.236 e. The van der Waals surface area contributed by atoms with Gasteiger partial charge in [0.25, 0.3) is 0 Å². The first-order valence-electron chi connectivity index (χ1n) is 9.03. The van der Waals surface area contributed by atoms with E-state index in [1.807, 2.05) is 37.3 Å². The molecule has 2 heterocycles. The first kappa shape index (κ1) is 19.6. The van der Waals surface area contributed by atoms with E-state index in [1.165, 1.54) is 10.7 Å². The van der Waals surface area contributed by atoms with Crippen molar-refractivity contribution in [1.29, 1.82) is 0 Å². The summed E-state index contributed by atoms with van der Waals surface area (Å²) in [5.41, 5.74) is 1.86. The van der Waals surface area contributed by atoms with E-state index < -0.39 is 5.82 Å². The number of nitrogen functional groups attached to an aromatic ring is 1. The molecule has 3 N–H and O–H groups in total. The zero-order valence-corrected chi connectivity index (χ0v) is 16.8. The number of hydrogen-bond acceptors (Lipinski definition) is 6. The summed E-state index contributed by atoms with van der Waals surface area (Å²) < 4.78 is 16.8. The van der Waals surface area contributed by atoms with Gasteiger partial charge in [0.2, 0.25) is 11.1 Å². The van der Waals surface area contributed by atoms with E-state index in [0.29, 0.717) is 11.0 Å². The SMILES string of the molecule is Cc1cc(NC(=O)CSc2nnc(-c3ccccc3F)n2N)n(-c2ccccc2)n1. The number of nitrogens with one attached hydrogen (secondary N) is 1. The molecule has 0 bridgehead atoms. The lowest BCUT2D eigenvalue weighted by Gasteiger charge is -2.09. The maximum absolute atomic E-state index is 14.0. The predicted molar refractivity (Wildman–Crippen MR) is 113 cm³/mol. The van der Waals surface area contributed by atoms with Crippen molar-refractivity contribution in [2.75, 3.05) is 16.9 Å². The Morgan fingerprint density at radius 3 is 2.63 bits per heavy atom. The summed E-state index contributed by atoms with van der Waals surface area (Å²) in [4.78, 5) is 12.5. The number of nitrogens with two attached hydrogens (primary N) is 1. The van der Waals surface area contributed by atoms with Crippen molar-refractivity contribution < 1.29 is 9.18 Å². The highest BCUT2D eigenvalue weighted by molar-refractivity contribution is 7.99. The number of hydrogen-bond donors (Lipinski definition) is 2. The molecule has 0 aliphatic rings. The fourth-order valence-corrected chi connectivity index (χ4v) is 3.52. The minimum Gasteiger partial charge on any atom is -0.335 e. The van der Waals surface area contributed by atoms with Crippen LogP contribution in [0.15, 0.2) is 65.8 Å². The van der Waals surface area contributed by atoms with E-state index in [-0.39, 0.29) is 23.0 Å². The highest BCUT2D eigenvalue weighted by Crippen LogP contribution is 2.24. The molecule has 0 fully saturated rings. The predicted octanol–water partition coefficient (Wildman–Crippen LogP) is 3.02. The fourth-order valence-electron chi connectivity index (χ4n) is 2.87. The molecule has 0 unspecified atom stereocenters. The van der Waals surface area contributed by atoms with Gasteiger partial charge < -0.3 is 11.2 Å². The molecule has 0 aliphatic carbocycles. The Balaban J connectivity index is 1.45. The molecule has 2 aromatic heterocycles. The van der Waals surface area contributed by atoms with Gasteiger partial charge in [0, 0.05) is 6.07 Å². The lowest BCUT2D eigenvalue weighted by Crippen LogP contribution is -2.18. The van der Waals surface area contributed by atoms with Crippen LogP contribution in [-0.4, -0.2) is 36.3 Å². The van der Waals surface area contributed by atoms with Crippen molar-refractivity contribution in [2.45, 2.75) is 12.1 Å². The number of rotatable bonds is 6. The Kier molecular flexibility index (Phi) is 5.48. The number of carbonyl (C=O) groups excluding carboxylic acids is 1. The van der Waals surface area contributed by atoms with Gasteiger partial charge in [0.15, 0.2) is 5.82 Å². The summed E-state index contributed by atoms with van der Waals surface area (Å²) >= 11 is 1.10. The highest BCUT2D eigenvalue weighted by atomic mass is 32.2. The third-order valence-corrected chi connectivity index (χ3v) is 5.15. The third-order valence-electron chi connectivity index (χ3n) is 4.21. The quantitative estimate of drug-likeness (QED) is 0.365. The molecule has 30 heavy (non-hydrogen) atoms. The Bertz CT molecular complexity index is 1190. The zero-order chi connectivity index (χ0) is 21.1. The summed E-state index contributed by atoms with van der Waals surface area (Å²) in [6.07, 6.45) is 0. The van der Waals surface area contributed by atoms with Crippen molar-refractivity contribution in [2.24, 2.45) is 0 Å². The smallest absolute Gasteiger partial charge is 0.236 e. The number of benzene rings is 2. The van der Waals surface area contributed by atoms with Crippen LogP contribution in [0.1, 0.15) is 5.69 Å². The van der Waals surface area contributed by atoms with Crippen LogP contribution in [0.3, 0.4) is 0 Å². The zero-order valence-electron chi connectivity index (χ0n) is 16.0. The van der Waals surface area contributed by atoms with Crippen molar-refractivity contribution in [3.63, 3.8) is 0 Å². The van der Waals surface area contributed by atoms with Crippen LogP contribution in [-0.2, 0) is 4.79 Å². The minimum absolute atomic E-state index is 0.0472. The lowest BCUT2D eigenvalue weighted by molar-refractivity contribution is -0.113. The van der Waals surface area contributed by atoms with Crippen LogP contribution in [0.4, 0.5) is 10.2 Å². The molecule has 0 radical (unpaired) electrons. The average molecular weight is 423 g/mol. The van der Waals surface area contributed by atoms with E-state index in [4.69, 9.17) is 5.84 Å². The summed E-state index contributed by atoms with van der Waals surface area (Å²) in [5.74, 6) is 6.10. The molecule has 0 saturated carbocycles. The van der Waals surface area contributed by atoms with Crippen molar-refractivity contribution in [3.05, 3.63) is 72.2 Å². The molecule has 10 heteroatoms. The highest BCUT2D eigenvalue weighted by Gasteiger charge is 2.17. The number of aromatic nitrogens is 5. The first-order chi connectivity index (χ1) is 14.5. The summed E-state index contributed by atoms with van der Waals surface area (Å²) in [6, 6.07) is 17.5. The normalized spacial score (nSPS) is 10.9. The summed E-state index contributed by atoms with van der Waals surface area (Å²) in [6.45, 7) is 1.85. The van der Waals surface area contributed by atoms with Crippen LogP contribution in [0.2, 0.25) is 0 Å². The molecule has 0 saturated heterocycles. The summed E-state index contributed by atoms with van der Waals surface area (Å²) in [5, 5.41) is 15.5. The Morgan fingerprint density at radius 2 is 1.87 bits per heavy atom. The molecule has 0 aliphatic heterocycles. The van der Waals surface area contributed by atoms with E-state index >= 15 is 0 Å². The minimum atomic E-state index is -0.449. The van der Waals surface area contributed by atoms with Crippen molar-refractivity contribution in [1.82, 2.24) is 24.7 Å². The van der Waals surface area contributed by atoms with Crippen LogP contribution in [0, 0.1) is 12.7 Å². The van der Waals surface area contributed by atoms with Gasteiger partial charge in [0.05, 0.1) is 22.7 Å². The van der Waals surface area contributed by atoms with Gasteiger partial charge in [-0.3, -0.25) is 4.79 Å². The second-order valence-electron chi connectivity index (χ2n) is 6.41. The Morgan fingerprint density at radius 1 is 1.13 bits per heavy atom. The summed E-state index contributed by atoms with van der Waals surface area (Å²) in [7, 11) is 0. The Labute approximate surface area is 175 Å². The molecule has 152 valence electrons. The first-order valence-corrected chi connectivity index (χ1v) is 10.0. The van der Waals surface area contributed by atoms with E-state index in [0.717, 1.165) is 23.1 Å². The molecule has 1 amide bonds. The van der Waals surface area contributed by atoms with E-state index in [9.17, 15) is 9.18 Å². The average Bonchev–Trinajstić information content (AvgIpc) is 3.29. The largest absolute Gasteiger partial charge is 0.335 e. The number of nitrogens with zero attached hydrogens (tertiary/aromatic N) is 5. The molecule has 0 atom stereocenters. The number of carbonyl (C=O) groups is 1. The number of amides is 1. The third kappa shape index (κ3) is 4.03. The van der Waals surface area contributed by atoms with Gasteiger partial charge in [-0.25, -0.2) is 13.7 Å². The van der Waals surface area contributed by atoms with Gasteiger partial charge in [-0.05, 0) is 31.2 Å². The van der Waals surface area contributed by atoms with E-state index in [1.54, 1.807) is 28.9 Å². The fraction of sp³-hybridized carbons (Fsp3) is 0.100. The molecule has 2 aromatic carbocycles. The second kappa shape index (κ2) is 8.37. The van der Waals surface area contributed by atoms with Crippen LogP contribution in [0.25, 0.3) is 17.1 Å². The van der Waals surface area contributed by atoms with Gasteiger partial charge in [0.1, 0.15) is 11.6 Å². The van der Waals surface area contributed by atoms with Crippen LogP contribution >= 0.6 is 11.8 Å². The molecule has 8 nitrogen and oxygen atoms in total. The monoisotopic (exact) mass is 423 g/mol. The van der Waals surface area contributed by atoms with Crippen LogP contribution in [0.5, 0.6) is 0 Å². The molecule has 0 spiro atoms. The number of halogens is 1. The van der Waals surface area contributed by atoms with E-state index in [2.05, 4.69) is 20.6 Å². The Hall–Kier alpha value is -3.66.